The number of pyridine rings is 1. The highest BCUT2D eigenvalue weighted by atomic mass is 35.5. The van der Waals surface area contributed by atoms with Gasteiger partial charge in [0.05, 0.1) is 35.0 Å². The van der Waals surface area contributed by atoms with Crippen LogP contribution in [0.1, 0.15) is 35.9 Å². The molecule has 4 rings (SSSR count). The number of hydrogen-bond donors (Lipinski definition) is 1. The standard InChI is InChI=1S/C26H25ClF2N2O3S/c1-34-17-5-8-23-19(13-17)25(21(27)14-30-23)22(28)7-4-16-10-12-31(15-20(16)26(32)33)11-2-3-18-6-9-24(29)35-18/h5-6,8-9,13-14,16,20,22H,4,7,10-12,15H2,1H3,(H,32,33)/t16?,20?,22-/m1/s1. The smallest absolute Gasteiger partial charge is 0.308 e. The van der Waals surface area contributed by atoms with Crippen LogP contribution < -0.4 is 4.74 Å². The molecule has 3 aromatic rings. The van der Waals surface area contributed by atoms with Crippen LogP contribution in [0, 0.1) is 28.8 Å². The number of aromatic nitrogens is 1. The fourth-order valence-electron chi connectivity index (χ4n) is 4.57. The zero-order valence-corrected chi connectivity index (χ0v) is 20.7. The molecule has 1 aromatic carbocycles. The monoisotopic (exact) mass is 518 g/mol. The van der Waals surface area contributed by atoms with Crippen LogP contribution in [0.5, 0.6) is 5.75 Å². The third-order valence-electron chi connectivity index (χ3n) is 6.42. The zero-order chi connectivity index (χ0) is 24.9. The average Bonchev–Trinajstić information content (AvgIpc) is 3.27. The summed E-state index contributed by atoms with van der Waals surface area (Å²) in [5, 5.41) is 10.4. The van der Waals surface area contributed by atoms with Gasteiger partial charge in [0, 0.05) is 23.7 Å². The van der Waals surface area contributed by atoms with Crippen molar-refractivity contribution in [3.63, 3.8) is 0 Å². The van der Waals surface area contributed by atoms with E-state index in [1.807, 2.05) is 4.90 Å². The molecule has 0 spiro atoms. The van der Waals surface area contributed by atoms with Crippen molar-refractivity contribution >= 4 is 39.8 Å². The van der Waals surface area contributed by atoms with E-state index < -0.39 is 18.1 Å². The second kappa shape index (κ2) is 11.3. The molecular weight excluding hydrogens is 494 g/mol. The first-order valence-electron chi connectivity index (χ1n) is 11.3. The van der Waals surface area contributed by atoms with Gasteiger partial charge in [-0.05, 0) is 62.1 Å². The Morgan fingerprint density at radius 1 is 1.40 bits per heavy atom. The highest BCUT2D eigenvalue weighted by molar-refractivity contribution is 7.10. The molecule has 0 amide bonds. The van der Waals surface area contributed by atoms with Crippen molar-refractivity contribution in [2.75, 3.05) is 26.7 Å². The van der Waals surface area contributed by atoms with E-state index in [1.54, 1.807) is 24.3 Å². The van der Waals surface area contributed by atoms with Gasteiger partial charge >= 0.3 is 5.97 Å². The lowest BCUT2D eigenvalue weighted by atomic mass is 9.81. The Morgan fingerprint density at radius 2 is 2.23 bits per heavy atom. The van der Waals surface area contributed by atoms with E-state index in [0.717, 1.165) is 11.3 Å². The molecular formula is C26H25ClF2N2O3S. The zero-order valence-electron chi connectivity index (χ0n) is 19.1. The van der Waals surface area contributed by atoms with Crippen LogP contribution in [0.3, 0.4) is 0 Å². The third-order valence-corrected chi connectivity index (χ3v) is 7.51. The first-order valence-corrected chi connectivity index (χ1v) is 12.5. The molecule has 2 aromatic heterocycles. The molecule has 1 fully saturated rings. The molecule has 2 unspecified atom stereocenters. The Morgan fingerprint density at radius 3 is 2.94 bits per heavy atom. The van der Waals surface area contributed by atoms with Gasteiger partial charge < -0.3 is 9.84 Å². The molecule has 184 valence electrons. The van der Waals surface area contributed by atoms with Crippen LogP contribution in [0.15, 0.2) is 36.5 Å². The maximum Gasteiger partial charge on any atom is 0.308 e. The van der Waals surface area contributed by atoms with E-state index in [9.17, 15) is 14.3 Å². The molecule has 0 saturated carbocycles. The summed E-state index contributed by atoms with van der Waals surface area (Å²) in [6.07, 6.45) is 1.31. The first-order chi connectivity index (χ1) is 16.9. The molecule has 1 N–H and O–H groups in total. The first kappa shape index (κ1) is 25.4. The number of methoxy groups -OCH3 is 1. The van der Waals surface area contributed by atoms with Crippen LogP contribution in [0.2, 0.25) is 5.02 Å². The Bertz CT molecular complexity index is 1270. The van der Waals surface area contributed by atoms with Gasteiger partial charge in [0.25, 0.3) is 0 Å². The summed E-state index contributed by atoms with van der Waals surface area (Å²) in [6, 6.07) is 8.24. The second-order valence-corrected chi connectivity index (χ2v) is 10.0. The van der Waals surface area contributed by atoms with Crippen molar-refractivity contribution in [1.29, 1.82) is 0 Å². The predicted molar refractivity (Wildman–Crippen MR) is 133 cm³/mol. The lowest BCUT2D eigenvalue weighted by Gasteiger charge is -2.36. The van der Waals surface area contributed by atoms with Crippen molar-refractivity contribution in [2.24, 2.45) is 11.8 Å². The van der Waals surface area contributed by atoms with Crippen LogP contribution in [-0.2, 0) is 4.79 Å². The van der Waals surface area contributed by atoms with Gasteiger partial charge in [-0.2, -0.15) is 4.39 Å². The molecule has 0 aliphatic carbocycles. The maximum absolute atomic E-state index is 15.5. The van der Waals surface area contributed by atoms with E-state index in [-0.39, 0.29) is 22.5 Å². The fourth-order valence-corrected chi connectivity index (χ4v) is 5.45. The molecule has 3 atom stereocenters. The van der Waals surface area contributed by atoms with Gasteiger partial charge in [-0.15, -0.1) is 0 Å². The summed E-state index contributed by atoms with van der Waals surface area (Å²) >= 11 is 7.31. The Labute approximate surface area is 211 Å². The number of alkyl halides is 1. The SMILES string of the molecule is COc1ccc2ncc(Cl)c([C@H](F)CCC3CCN(CC#Cc4ccc(F)s4)CC3C(=O)O)c2c1. The van der Waals surface area contributed by atoms with Crippen molar-refractivity contribution in [1.82, 2.24) is 9.88 Å². The summed E-state index contributed by atoms with van der Waals surface area (Å²) < 4.78 is 33.9. The van der Waals surface area contributed by atoms with E-state index >= 15 is 4.39 Å². The third kappa shape index (κ3) is 6.10. The fraction of sp³-hybridized carbons (Fsp3) is 0.385. The highest BCUT2D eigenvalue weighted by Crippen LogP contribution is 2.38. The minimum absolute atomic E-state index is 0.150. The number of ether oxygens (including phenoxy) is 1. The second-order valence-electron chi connectivity index (χ2n) is 8.58. The average molecular weight is 519 g/mol. The number of piperidine rings is 1. The summed E-state index contributed by atoms with van der Waals surface area (Å²) in [5.41, 5.74) is 0.983. The minimum Gasteiger partial charge on any atom is -0.497 e. The summed E-state index contributed by atoms with van der Waals surface area (Å²) in [4.78, 5) is 18.9. The van der Waals surface area contributed by atoms with Gasteiger partial charge in [-0.25, -0.2) is 4.39 Å². The van der Waals surface area contributed by atoms with Gasteiger partial charge in [-0.3, -0.25) is 14.7 Å². The van der Waals surface area contributed by atoms with E-state index in [2.05, 4.69) is 16.8 Å². The van der Waals surface area contributed by atoms with Crippen molar-refractivity contribution in [3.05, 3.63) is 57.1 Å². The summed E-state index contributed by atoms with van der Waals surface area (Å²) in [7, 11) is 1.54. The maximum atomic E-state index is 15.5. The normalized spacial score (nSPS) is 19.2. The Kier molecular flexibility index (Phi) is 8.22. The van der Waals surface area contributed by atoms with Crippen LogP contribution >= 0.6 is 22.9 Å². The largest absolute Gasteiger partial charge is 0.497 e. The number of carboxylic acids is 1. The molecule has 1 aliphatic rings. The number of nitrogens with zero attached hydrogens (tertiary/aromatic N) is 2. The Hall–Kier alpha value is -2.73. The van der Waals surface area contributed by atoms with Crippen LogP contribution in [-0.4, -0.2) is 47.7 Å². The molecule has 9 heteroatoms. The Balaban J connectivity index is 1.41. The number of rotatable bonds is 7. The summed E-state index contributed by atoms with van der Waals surface area (Å²) in [5.74, 6) is 4.85. The number of thiophene rings is 1. The lowest BCUT2D eigenvalue weighted by molar-refractivity contribution is -0.146. The van der Waals surface area contributed by atoms with Gasteiger partial charge in [0.2, 0.25) is 0 Å². The van der Waals surface area contributed by atoms with Crippen LogP contribution in [0.25, 0.3) is 10.9 Å². The van der Waals surface area contributed by atoms with Gasteiger partial charge in [0.15, 0.2) is 5.13 Å². The van der Waals surface area contributed by atoms with Gasteiger partial charge in [0.1, 0.15) is 11.9 Å². The number of hydrogen-bond acceptors (Lipinski definition) is 5. The molecule has 35 heavy (non-hydrogen) atoms. The molecule has 1 aliphatic heterocycles. The number of fused-ring (bicyclic) bond motifs is 1. The van der Waals surface area contributed by atoms with E-state index in [4.69, 9.17) is 16.3 Å². The van der Waals surface area contributed by atoms with Crippen molar-refractivity contribution in [2.45, 2.75) is 25.4 Å². The number of benzene rings is 1. The van der Waals surface area contributed by atoms with Crippen molar-refractivity contribution < 1.29 is 23.4 Å². The molecule has 0 bridgehead atoms. The molecule has 3 heterocycles. The predicted octanol–water partition coefficient (Wildman–Crippen LogP) is 5.96. The van der Waals surface area contributed by atoms with Crippen molar-refractivity contribution in [3.8, 4) is 17.6 Å². The number of carbonyl (C=O) groups is 1. The lowest BCUT2D eigenvalue weighted by Crippen LogP contribution is -2.44. The number of likely N-dealkylation sites (tertiary alicyclic amines) is 1. The van der Waals surface area contributed by atoms with E-state index in [1.165, 1.54) is 19.4 Å². The number of aliphatic carboxylic acids is 1. The highest BCUT2D eigenvalue weighted by Gasteiger charge is 2.34. The number of carboxylic acid groups (broad SMARTS) is 1. The topological polar surface area (TPSA) is 62.7 Å². The summed E-state index contributed by atoms with van der Waals surface area (Å²) in [6.45, 7) is 1.43. The number of halogens is 3. The van der Waals surface area contributed by atoms with Gasteiger partial charge in [-0.1, -0.05) is 34.8 Å². The molecule has 1 saturated heterocycles. The molecule has 5 nitrogen and oxygen atoms in total. The quantitative estimate of drug-likeness (QED) is 0.391. The minimum atomic E-state index is -1.36. The molecule has 0 radical (unpaired) electrons. The van der Waals surface area contributed by atoms with Crippen LogP contribution in [0.4, 0.5) is 8.78 Å². The van der Waals surface area contributed by atoms with E-state index in [0.29, 0.717) is 59.6 Å².